The number of rotatable bonds is 10. The van der Waals surface area contributed by atoms with Crippen LogP contribution < -0.4 is 9.62 Å². The van der Waals surface area contributed by atoms with Gasteiger partial charge in [-0.1, -0.05) is 48.0 Å². The van der Waals surface area contributed by atoms with Crippen LogP contribution in [0.2, 0.25) is 5.02 Å². The van der Waals surface area contributed by atoms with E-state index in [0.29, 0.717) is 10.7 Å². The normalized spacial score (nSPS) is 12.7. The highest BCUT2D eigenvalue weighted by atomic mass is 35.5. The number of amides is 2. The zero-order chi connectivity index (χ0) is 26.4. The van der Waals surface area contributed by atoms with Crippen LogP contribution in [-0.2, 0) is 26.2 Å². The summed E-state index contributed by atoms with van der Waals surface area (Å²) in [5, 5.41) is 3.37. The molecule has 2 amide bonds. The number of hydrogen-bond donors (Lipinski definition) is 1. The number of carbonyl (C=O) groups excluding carboxylic acids is 2. The lowest BCUT2D eigenvalue weighted by molar-refractivity contribution is -0.141. The van der Waals surface area contributed by atoms with E-state index in [0.717, 1.165) is 17.4 Å². The molecule has 1 atom stereocenters. The summed E-state index contributed by atoms with van der Waals surface area (Å²) in [6.07, 6.45) is 1.51. The Morgan fingerprint density at radius 2 is 1.71 bits per heavy atom. The second-order valence-corrected chi connectivity index (χ2v) is 12.1. The molecule has 2 rings (SSSR count). The minimum absolute atomic E-state index is 0.0889. The van der Waals surface area contributed by atoms with Crippen molar-refractivity contribution in [2.45, 2.75) is 65.6 Å². The lowest BCUT2D eigenvalue weighted by atomic mass is 10.1. The van der Waals surface area contributed by atoms with Crippen LogP contribution in [0.25, 0.3) is 0 Å². The number of halogens is 1. The first-order chi connectivity index (χ1) is 16.2. The molecule has 0 saturated heterocycles. The van der Waals surface area contributed by atoms with Gasteiger partial charge in [0, 0.05) is 30.1 Å². The van der Waals surface area contributed by atoms with E-state index in [1.165, 1.54) is 4.31 Å². The van der Waals surface area contributed by atoms with Gasteiger partial charge in [-0.05, 0) is 64.3 Å². The van der Waals surface area contributed by atoms with Gasteiger partial charge in [0.1, 0.15) is 6.04 Å². The first kappa shape index (κ1) is 28.7. The molecule has 0 bridgehead atoms. The first-order valence-electron chi connectivity index (χ1n) is 11.6. The van der Waals surface area contributed by atoms with Crippen molar-refractivity contribution in [1.29, 1.82) is 0 Å². The number of sulfonamides is 1. The van der Waals surface area contributed by atoms with E-state index in [4.69, 9.17) is 11.6 Å². The van der Waals surface area contributed by atoms with Gasteiger partial charge in [0.15, 0.2) is 0 Å². The number of benzene rings is 2. The highest BCUT2D eigenvalue weighted by molar-refractivity contribution is 7.92. The second-order valence-electron chi connectivity index (χ2n) is 9.79. The monoisotopic (exact) mass is 521 g/mol. The summed E-state index contributed by atoms with van der Waals surface area (Å²) < 4.78 is 26.3. The van der Waals surface area contributed by atoms with Crippen molar-refractivity contribution in [1.82, 2.24) is 10.2 Å². The lowest BCUT2D eigenvalue weighted by Crippen LogP contribution is -2.52. The van der Waals surface area contributed by atoms with Crippen molar-refractivity contribution in [2.75, 3.05) is 17.1 Å². The van der Waals surface area contributed by atoms with E-state index in [-0.39, 0.29) is 37.7 Å². The molecule has 2 aromatic rings. The molecule has 0 aliphatic heterocycles. The van der Waals surface area contributed by atoms with Crippen molar-refractivity contribution in [3.63, 3.8) is 0 Å². The molecule has 0 radical (unpaired) electrons. The third kappa shape index (κ3) is 8.85. The Balaban J connectivity index is 2.20. The fraction of sp³-hybridized carbons (Fsp3) is 0.462. The van der Waals surface area contributed by atoms with E-state index >= 15 is 0 Å². The highest BCUT2D eigenvalue weighted by Crippen LogP contribution is 2.27. The predicted octanol–water partition coefficient (Wildman–Crippen LogP) is 4.53. The molecular formula is C26H36ClN3O4S. The summed E-state index contributed by atoms with van der Waals surface area (Å²) in [5.41, 5.74) is 1.73. The molecule has 0 fully saturated rings. The molecule has 1 N–H and O–H groups in total. The minimum Gasteiger partial charge on any atom is -0.350 e. The molecule has 0 heterocycles. The molecular weight excluding hydrogens is 486 g/mol. The Hall–Kier alpha value is -2.58. The van der Waals surface area contributed by atoms with Crippen LogP contribution in [0, 0.1) is 6.92 Å². The summed E-state index contributed by atoms with van der Waals surface area (Å²) in [4.78, 5) is 27.7. The maximum absolute atomic E-state index is 13.3. The quantitative estimate of drug-likeness (QED) is 0.497. The van der Waals surface area contributed by atoms with Gasteiger partial charge in [0.25, 0.3) is 0 Å². The summed E-state index contributed by atoms with van der Waals surface area (Å²) in [5.74, 6) is -0.462. The van der Waals surface area contributed by atoms with Gasteiger partial charge < -0.3 is 10.2 Å². The van der Waals surface area contributed by atoms with Crippen molar-refractivity contribution in [3.8, 4) is 0 Å². The predicted molar refractivity (Wildman–Crippen MR) is 142 cm³/mol. The van der Waals surface area contributed by atoms with Crippen molar-refractivity contribution in [3.05, 3.63) is 64.7 Å². The Labute approximate surface area is 214 Å². The van der Waals surface area contributed by atoms with E-state index in [1.54, 1.807) is 30.0 Å². The van der Waals surface area contributed by atoms with Crippen LogP contribution in [0.15, 0.2) is 48.5 Å². The van der Waals surface area contributed by atoms with Gasteiger partial charge >= 0.3 is 0 Å². The standard InChI is InChI=1S/C26H36ClN3O4S/c1-19-14-15-22(27)17-23(19)30(35(6,33)34)16-10-13-24(31)29(18-21-11-8-7-9-12-21)20(2)25(32)28-26(3,4)5/h7-9,11-12,14-15,17,20H,10,13,16,18H2,1-6H3,(H,28,32)/t20-/m0/s1. The molecule has 0 unspecified atom stereocenters. The minimum atomic E-state index is -3.59. The maximum Gasteiger partial charge on any atom is 0.242 e. The van der Waals surface area contributed by atoms with E-state index in [9.17, 15) is 18.0 Å². The molecule has 0 aromatic heterocycles. The zero-order valence-corrected chi connectivity index (χ0v) is 22.9. The highest BCUT2D eigenvalue weighted by Gasteiger charge is 2.28. The van der Waals surface area contributed by atoms with Crippen LogP contribution in [0.5, 0.6) is 0 Å². The zero-order valence-electron chi connectivity index (χ0n) is 21.3. The van der Waals surface area contributed by atoms with Gasteiger partial charge in [0.05, 0.1) is 11.9 Å². The van der Waals surface area contributed by atoms with E-state index in [1.807, 2.05) is 58.0 Å². The van der Waals surface area contributed by atoms with Gasteiger partial charge in [-0.2, -0.15) is 0 Å². The summed E-state index contributed by atoms with van der Waals surface area (Å²) in [6, 6.07) is 13.9. The molecule has 7 nitrogen and oxygen atoms in total. The van der Waals surface area contributed by atoms with Crippen LogP contribution >= 0.6 is 11.6 Å². The SMILES string of the molecule is Cc1ccc(Cl)cc1N(CCCC(=O)N(Cc1ccccc1)[C@@H](C)C(=O)NC(C)(C)C)S(C)(=O)=O. The molecule has 35 heavy (non-hydrogen) atoms. The Kier molecular flexibility index (Phi) is 9.75. The number of anilines is 1. The Morgan fingerprint density at radius 3 is 2.29 bits per heavy atom. The number of nitrogens with zero attached hydrogens (tertiary/aromatic N) is 2. The topological polar surface area (TPSA) is 86.8 Å². The summed E-state index contributed by atoms with van der Waals surface area (Å²) >= 11 is 6.10. The van der Waals surface area contributed by atoms with Crippen molar-refractivity contribution >= 4 is 39.1 Å². The van der Waals surface area contributed by atoms with Crippen LogP contribution in [-0.4, -0.2) is 49.5 Å². The fourth-order valence-corrected chi connectivity index (χ4v) is 4.85. The summed E-state index contributed by atoms with van der Waals surface area (Å²) in [7, 11) is -3.59. The van der Waals surface area contributed by atoms with E-state index in [2.05, 4.69) is 5.32 Å². The molecule has 9 heteroatoms. The number of aryl methyl sites for hydroxylation is 1. The number of nitrogens with one attached hydrogen (secondary N) is 1. The maximum atomic E-state index is 13.3. The largest absolute Gasteiger partial charge is 0.350 e. The average molecular weight is 522 g/mol. The van der Waals surface area contributed by atoms with E-state index < -0.39 is 21.6 Å². The fourth-order valence-electron chi connectivity index (χ4n) is 3.67. The number of carbonyl (C=O) groups is 2. The average Bonchev–Trinajstić information content (AvgIpc) is 2.75. The van der Waals surface area contributed by atoms with Gasteiger partial charge in [0.2, 0.25) is 21.8 Å². The third-order valence-electron chi connectivity index (χ3n) is 5.45. The van der Waals surface area contributed by atoms with Crippen LogP contribution in [0.1, 0.15) is 51.7 Å². The molecule has 0 aliphatic rings. The van der Waals surface area contributed by atoms with Gasteiger partial charge in [-0.3, -0.25) is 13.9 Å². The molecule has 192 valence electrons. The van der Waals surface area contributed by atoms with Crippen molar-refractivity contribution in [2.24, 2.45) is 0 Å². The lowest BCUT2D eigenvalue weighted by Gasteiger charge is -2.32. The number of hydrogen-bond acceptors (Lipinski definition) is 4. The molecule has 0 aliphatic carbocycles. The molecule has 0 saturated carbocycles. The van der Waals surface area contributed by atoms with Crippen molar-refractivity contribution < 1.29 is 18.0 Å². The van der Waals surface area contributed by atoms with Gasteiger partial charge in [-0.25, -0.2) is 8.42 Å². The second kappa shape index (κ2) is 11.9. The van der Waals surface area contributed by atoms with Crippen LogP contribution in [0.3, 0.4) is 0 Å². The Bertz CT molecular complexity index is 1130. The smallest absolute Gasteiger partial charge is 0.242 e. The summed E-state index contributed by atoms with van der Waals surface area (Å²) in [6.45, 7) is 9.58. The molecule has 2 aromatic carbocycles. The Morgan fingerprint density at radius 1 is 1.09 bits per heavy atom. The van der Waals surface area contributed by atoms with Crippen LogP contribution in [0.4, 0.5) is 5.69 Å². The first-order valence-corrected chi connectivity index (χ1v) is 13.8. The molecule has 0 spiro atoms. The third-order valence-corrected chi connectivity index (χ3v) is 6.87. The van der Waals surface area contributed by atoms with Gasteiger partial charge in [-0.15, -0.1) is 0 Å².